The van der Waals surface area contributed by atoms with Gasteiger partial charge in [0, 0.05) is 38.4 Å². The molecule has 1 N–H and O–H groups in total. The number of hydrogen-bond acceptors (Lipinski definition) is 7. The van der Waals surface area contributed by atoms with Gasteiger partial charge < -0.3 is 15.0 Å². The van der Waals surface area contributed by atoms with Gasteiger partial charge in [-0.3, -0.25) is 4.90 Å². The van der Waals surface area contributed by atoms with Crippen molar-refractivity contribution in [3.8, 4) is 0 Å². The van der Waals surface area contributed by atoms with Gasteiger partial charge in [-0.05, 0) is 18.1 Å². The summed E-state index contributed by atoms with van der Waals surface area (Å²) in [6.45, 7) is 6.33. The maximum Gasteiger partial charge on any atom is 0.244 e. The molecular weight excluding hydrogens is 304 g/mol. The number of fused-ring (bicyclic) bond motifs is 1. The Hall–Kier alpha value is -2.25. The highest BCUT2D eigenvalue weighted by Crippen LogP contribution is 2.32. The molecule has 0 atom stereocenters. The maximum atomic E-state index is 5.36. The lowest BCUT2D eigenvalue weighted by molar-refractivity contribution is 0.0398. The van der Waals surface area contributed by atoms with Crippen molar-refractivity contribution in [1.82, 2.24) is 20.1 Å². The van der Waals surface area contributed by atoms with Crippen molar-refractivity contribution in [2.45, 2.75) is 6.42 Å². The van der Waals surface area contributed by atoms with Crippen LogP contribution in [0.15, 0.2) is 30.5 Å². The van der Waals surface area contributed by atoms with Gasteiger partial charge in [0.1, 0.15) is 0 Å². The van der Waals surface area contributed by atoms with Gasteiger partial charge in [0.2, 0.25) is 5.95 Å². The lowest BCUT2D eigenvalue weighted by Crippen LogP contribution is -2.39. The Balaban J connectivity index is 1.39. The molecule has 2 aliphatic heterocycles. The molecule has 1 saturated heterocycles. The molecule has 1 aromatic carbocycles. The number of rotatable bonds is 5. The minimum absolute atomic E-state index is 0.588. The van der Waals surface area contributed by atoms with Gasteiger partial charge in [-0.2, -0.15) is 10.1 Å². The predicted octanol–water partition coefficient (Wildman–Crippen LogP) is 1.31. The van der Waals surface area contributed by atoms with Crippen LogP contribution in [0.4, 0.5) is 17.5 Å². The Morgan fingerprint density at radius 1 is 1.12 bits per heavy atom. The van der Waals surface area contributed by atoms with Gasteiger partial charge >= 0.3 is 0 Å². The molecule has 0 amide bonds. The average Bonchev–Trinajstić information content (AvgIpc) is 3.07. The third kappa shape index (κ3) is 3.32. The molecule has 7 nitrogen and oxygen atoms in total. The van der Waals surface area contributed by atoms with Crippen molar-refractivity contribution in [2.75, 3.05) is 56.2 Å². The Bertz CT molecular complexity index is 688. The summed E-state index contributed by atoms with van der Waals surface area (Å²) < 4.78 is 5.36. The van der Waals surface area contributed by atoms with Crippen molar-refractivity contribution in [3.05, 3.63) is 36.0 Å². The number of para-hydroxylation sites is 1. The monoisotopic (exact) mass is 326 g/mol. The molecule has 0 bridgehead atoms. The molecular formula is C17H22N6O. The number of ether oxygens (including phenoxy) is 1. The Kier molecular flexibility index (Phi) is 4.53. The third-order valence-corrected chi connectivity index (χ3v) is 4.52. The molecule has 0 radical (unpaired) electrons. The minimum Gasteiger partial charge on any atom is -0.379 e. The molecule has 24 heavy (non-hydrogen) atoms. The largest absolute Gasteiger partial charge is 0.379 e. The lowest BCUT2D eigenvalue weighted by Gasteiger charge is -2.26. The van der Waals surface area contributed by atoms with E-state index in [1.807, 2.05) is 0 Å². The van der Waals surface area contributed by atoms with E-state index >= 15 is 0 Å². The van der Waals surface area contributed by atoms with Crippen LogP contribution in [-0.2, 0) is 11.2 Å². The summed E-state index contributed by atoms with van der Waals surface area (Å²) in [7, 11) is 0. The van der Waals surface area contributed by atoms with Crippen LogP contribution < -0.4 is 10.2 Å². The van der Waals surface area contributed by atoms with Crippen LogP contribution in [0.5, 0.6) is 0 Å². The van der Waals surface area contributed by atoms with Gasteiger partial charge in [-0.25, -0.2) is 0 Å². The number of nitrogens with one attached hydrogen (secondary N) is 1. The zero-order valence-corrected chi connectivity index (χ0v) is 13.7. The van der Waals surface area contributed by atoms with Crippen LogP contribution in [0.2, 0.25) is 0 Å². The second-order valence-corrected chi connectivity index (χ2v) is 6.05. The summed E-state index contributed by atoms with van der Waals surface area (Å²) in [6, 6.07) is 8.45. The fourth-order valence-corrected chi connectivity index (χ4v) is 3.23. The number of benzene rings is 1. The SMILES string of the molecule is c1ccc2c(c1)CCN2c1cnnc(NCCN2CCOCC2)n1. The summed E-state index contributed by atoms with van der Waals surface area (Å²) in [5.41, 5.74) is 2.58. The summed E-state index contributed by atoms with van der Waals surface area (Å²) in [6.07, 6.45) is 2.77. The molecule has 0 saturated carbocycles. The highest BCUT2D eigenvalue weighted by molar-refractivity contribution is 5.67. The topological polar surface area (TPSA) is 66.4 Å². The fraction of sp³-hybridized carbons (Fsp3) is 0.471. The molecule has 0 spiro atoms. The minimum atomic E-state index is 0.588. The average molecular weight is 326 g/mol. The molecule has 2 aliphatic rings. The smallest absolute Gasteiger partial charge is 0.244 e. The zero-order chi connectivity index (χ0) is 16.2. The van der Waals surface area contributed by atoms with Crippen LogP contribution >= 0.6 is 0 Å². The summed E-state index contributed by atoms with van der Waals surface area (Å²) in [4.78, 5) is 9.22. The molecule has 1 aromatic heterocycles. The van der Waals surface area contributed by atoms with Crippen LogP contribution in [0.3, 0.4) is 0 Å². The first-order chi connectivity index (χ1) is 11.9. The first kappa shape index (κ1) is 15.3. The van der Waals surface area contributed by atoms with Gasteiger partial charge in [0.25, 0.3) is 0 Å². The van der Waals surface area contributed by atoms with E-state index in [1.54, 1.807) is 6.20 Å². The van der Waals surface area contributed by atoms with E-state index in [9.17, 15) is 0 Å². The number of aromatic nitrogens is 3. The van der Waals surface area contributed by atoms with E-state index in [0.29, 0.717) is 5.95 Å². The highest BCUT2D eigenvalue weighted by atomic mass is 16.5. The molecule has 1 fully saturated rings. The van der Waals surface area contributed by atoms with E-state index in [0.717, 1.165) is 58.2 Å². The molecule has 4 rings (SSSR count). The van der Waals surface area contributed by atoms with Crippen LogP contribution in [0.1, 0.15) is 5.56 Å². The Morgan fingerprint density at radius 3 is 2.92 bits per heavy atom. The van der Waals surface area contributed by atoms with Gasteiger partial charge in [-0.15, -0.1) is 5.10 Å². The normalized spacial score (nSPS) is 17.8. The number of hydrogen-bond donors (Lipinski definition) is 1. The maximum absolute atomic E-state index is 5.36. The van der Waals surface area contributed by atoms with E-state index < -0.39 is 0 Å². The first-order valence-corrected chi connectivity index (χ1v) is 8.49. The van der Waals surface area contributed by atoms with Crippen LogP contribution in [0.25, 0.3) is 0 Å². The molecule has 0 aliphatic carbocycles. The van der Waals surface area contributed by atoms with Gasteiger partial charge in [0.15, 0.2) is 5.82 Å². The summed E-state index contributed by atoms with van der Waals surface area (Å²) in [5.74, 6) is 1.44. The van der Waals surface area contributed by atoms with E-state index in [4.69, 9.17) is 4.74 Å². The highest BCUT2D eigenvalue weighted by Gasteiger charge is 2.21. The first-order valence-electron chi connectivity index (χ1n) is 8.49. The quantitative estimate of drug-likeness (QED) is 0.888. The van der Waals surface area contributed by atoms with Crippen molar-refractivity contribution in [1.29, 1.82) is 0 Å². The Morgan fingerprint density at radius 2 is 2.00 bits per heavy atom. The van der Waals surface area contributed by atoms with Crippen LogP contribution in [-0.4, -0.2) is 66.0 Å². The number of nitrogens with zero attached hydrogens (tertiary/aromatic N) is 5. The van der Waals surface area contributed by atoms with Crippen molar-refractivity contribution in [2.24, 2.45) is 0 Å². The van der Waals surface area contributed by atoms with Crippen molar-refractivity contribution in [3.63, 3.8) is 0 Å². The Labute approximate surface area is 141 Å². The second kappa shape index (κ2) is 7.11. The van der Waals surface area contributed by atoms with E-state index in [-0.39, 0.29) is 0 Å². The van der Waals surface area contributed by atoms with Crippen molar-refractivity contribution >= 4 is 17.5 Å². The van der Waals surface area contributed by atoms with Gasteiger partial charge in [0.05, 0.1) is 19.4 Å². The fourth-order valence-electron chi connectivity index (χ4n) is 3.23. The zero-order valence-electron chi connectivity index (χ0n) is 13.7. The summed E-state index contributed by atoms with van der Waals surface area (Å²) in [5, 5.41) is 11.5. The van der Waals surface area contributed by atoms with Gasteiger partial charge in [-0.1, -0.05) is 18.2 Å². The standard InChI is InChI=1S/C17H22N6O/c1-2-4-15-14(3-1)5-7-23(15)16-13-19-21-17(20-16)18-6-8-22-9-11-24-12-10-22/h1-4,13H,5-12H2,(H,18,20,21). The number of morpholine rings is 1. The number of anilines is 3. The second-order valence-electron chi connectivity index (χ2n) is 6.05. The summed E-state index contributed by atoms with van der Waals surface area (Å²) >= 11 is 0. The molecule has 0 unspecified atom stereocenters. The molecule has 126 valence electrons. The van der Waals surface area contributed by atoms with Crippen LogP contribution in [0, 0.1) is 0 Å². The predicted molar refractivity (Wildman–Crippen MR) is 92.7 cm³/mol. The third-order valence-electron chi connectivity index (χ3n) is 4.52. The van der Waals surface area contributed by atoms with E-state index in [2.05, 4.69) is 54.6 Å². The molecule has 7 heteroatoms. The molecule has 2 aromatic rings. The lowest BCUT2D eigenvalue weighted by atomic mass is 10.2. The van der Waals surface area contributed by atoms with Crippen molar-refractivity contribution < 1.29 is 4.74 Å². The van der Waals surface area contributed by atoms with E-state index in [1.165, 1.54) is 11.3 Å². The molecule has 3 heterocycles.